The van der Waals surface area contributed by atoms with E-state index < -0.39 is 40.9 Å². The normalized spacial score (nSPS) is 36.9. The summed E-state index contributed by atoms with van der Waals surface area (Å²) >= 11 is 0. The second-order valence-corrected chi connectivity index (χ2v) is 10.2. The van der Waals surface area contributed by atoms with Crippen LogP contribution in [0.3, 0.4) is 0 Å². The number of esters is 2. The van der Waals surface area contributed by atoms with E-state index in [2.05, 4.69) is 6.07 Å². The molecule has 1 saturated carbocycles. The number of carbonyl (C=O) groups excluding carboxylic acids is 2. The largest absolute Gasteiger partial charge is 0.493 e. The molecule has 5 aliphatic rings. The number of carbonyl (C=O) groups is 2. The predicted octanol–water partition coefficient (Wildman–Crippen LogP) is 2.68. The number of hydrogen-bond donors (Lipinski definition) is 1. The van der Waals surface area contributed by atoms with Crippen LogP contribution in [0.2, 0.25) is 0 Å². The molecule has 0 amide bonds. The van der Waals surface area contributed by atoms with E-state index in [1.165, 1.54) is 5.56 Å². The van der Waals surface area contributed by atoms with Gasteiger partial charge < -0.3 is 28.8 Å². The summed E-state index contributed by atoms with van der Waals surface area (Å²) < 4.78 is 28.5. The van der Waals surface area contributed by atoms with E-state index >= 15 is 0 Å². The highest BCUT2D eigenvalue weighted by atomic mass is 16.8. The van der Waals surface area contributed by atoms with Gasteiger partial charge in [0.2, 0.25) is 5.79 Å². The van der Waals surface area contributed by atoms with Gasteiger partial charge in [0.15, 0.2) is 23.7 Å². The molecule has 176 valence electrons. The van der Waals surface area contributed by atoms with Crippen molar-refractivity contribution in [2.75, 3.05) is 7.11 Å². The smallest absolute Gasteiger partial charge is 0.338 e. The van der Waals surface area contributed by atoms with Crippen LogP contribution in [-0.4, -0.2) is 47.8 Å². The average Bonchev–Trinajstić information content (AvgIpc) is 3.22. The molecule has 6 rings (SSSR count). The van der Waals surface area contributed by atoms with Gasteiger partial charge in [-0.15, -0.1) is 0 Å². The van der Waals surface area contributed by atoms with Gasteiger partial charge in [0.1, 0.15) is 5.76 Å². The van der Waals surface area contributed by atoms with Gasteiger partial charge in [0.05, 0.1) is 24.5 Å². The summed E-state index contributed by atoms with van der Waals surface area (Å²) in [5.74, 6) is -0.514. The zero-order valence-electron chi connectivity index (χ0n) is 19.0. The van der Waals surface area contributed by atoms with Gasteiger partial charge in [0.25, 0.3) is 0 Å². The van der Waals surface area contributed by atoms with Crippen molar-refractivity contribution in [1.29, 1.82) is 0 Å². The zero-order valence-corrected chi connectivity index (χ0v) is 19.0. The number of cyclic esters (lactones) is 1. The maximum atomic E-state index is 12.8. The highest BCUT2D eigenvalue weighted by Gasteiger charge is 2.71. The first-order chi connectivity index (χ1) is 15.7. The Balaban J connectivity index is 1.35. The van der Waals surface area contributed by atoms with Crippen LogP contribution in [0.5, 0.6) is 11.5 Å². The molecule has 1 aromatic carbocycles. The number of ether oxygens (including phenoxy) is 5. The number of aliphatic hydroxyl groups is 1. The minimum absolute atomic E-state index is 0.113. The molecule has 8 heteroatoms. The Morgan fingerprint density at radius 1 is 1.30 bits per heavy atom. The van der Waals surface area contributed by atoms with Gasteiger partial charge in [-0.3, -0.25) is 4.79 Å². The fourth-order valence-corrected chi connectivity index (χ4v) is 6.85. The van der Waals surface area contributed by atoms with Crippen molar-refractivity contribution in [1.82, 2.24) is 0 Å². The third-order valence-corrected chi connectivity index (χ3v) is 8.09. The van der Waals surface area contributed by atoms with E-state index in [4.69, 9.17) is 23.7 Å². The number of methoxy groups -OCH3 is 1. The van der Waals surface area contributed by atoms with Crippen LogP contribution < -0.4 is 9.47 Å². The van der Waals surface area contributed by atoms with E-state index in [1.54, 1.807) is 27.0 Å². The van der Waals surface area contributed by atoms with E-state index in [1.807, 2.05) is 6.07 Å². The number of hydrogen-bond acceptors (Lipinski definition) is 8. The first-order valence-corrected chi connectivity index (χ1v) is 11.6. The number of benzene rings is 1. The Hall–Kier alpha value is -2.58. The maximum Gasteiger partial charge on any atom is 0.338 e. The maximum absolute atomic E-state index is 12.8. The molecule has 2 fully saturated rings. The quantitative estimate of drug-likeness (QED) is 0.691. The predicted molar refractivity (Wildman–Crippen MR) is 114 cm³/mol. The number of rotatable bonds is 4. The van der Waals surface area contributed by atoms with Crippen LogP contribution >= 0.6 is 0 Å². The monoisotopic (exact) mass is 456 g/mol. The molecule has 0 aromatic heterocycles. The second kappa shape index (κ2) is 6.73. The minimum Gasteiger partial charge on any atom is -0.493 e. The Morgan fingerprint density at radius 2 is 2.12 bits per heavy atom. The Morgan fingerprint density at radius 3 is 2.85 bits per heavy atom. The van der Waals surface area contributed by atoms with E-state index in [0.29, 0.717) is 23.7 Å². The summed E-state index contributed by atoms with van der Waals surface area (Å²) in [5, 5.41) is 12.1. The molecule has 1 aromatic rings. The van der Waals surface area contributed by atoms with Crippen LogP contribution in [-0.2, 0) is 35.6 Å². The first-order valence-electron chi connectivity index (χ1n) is 11.6. The molecule has 5 atom stereocenters. The van der Waals surface area contributed by atoms with Crippen LogP contribution in [0, 0.1) is 5.92 Å². The summed E-state index contributed by atoms with van der Waals surface area (Å²) in [4.78, 5) is 24.9. The van der Waals surface area contributed by atoms with Gasteiger partial charge in [-0.05, 0) is 49.3 Å². The lowest BCUT2D eigenvalue weighted by atomic mass is 9.47. The van der Waals surface area contributed by atoms with Crippen molar-refractivity contribution in [3.63, 3.8) is 0 Å². The van der Waals surface area contributed by atoms with Crippen molar-refractivity contribution < 1.29 is 38.4 Å². The second-order valence-electron chi connectivity index (χ2n) is 10.2. The van der Waals surface area contributed by atoms with Crippen molar-refractivity contribution >= 4 is 11.9 Å². The van der Waals surface area contributed by atoms with Crippen molar-refractivity contribution in [3.05, 3.63) is 35.1 Å². The van der Waals surface area contributed by atoms with Crippen LogP contribution in [0.4, 0.5) is 0 Å². The summed E-state index contributed by atoms with van der Waals surface area (Å²) in [6, 6.07) is 3.97. The van der Waals surface area contributed by atoms with E-state index in [9.17, 15) is 14.7 Å². The Labute approximate surface area is 191 Å². The lowest BCUT2D eigenvalue weighted by Crippen LogP contribution is -2.67. The molecule has 2 aliphatic heterocycles. The van der Waals surface area contributed by atoms with E-state index in [-0.39, 0.29) is 12.3 Å². The van der Waals surface area contributed by atoms with Crippen LogP contribution in [0.15, 0.2) is 24.0 Å². The van der Waals surface area contributed by atoms with Gasteiger partial charge in [0, 0.05) is 19.4 Å². The van der Waals surface area contributed by atoms with Crippen LogP contribution in [0.25, 0.3) is 0 Å². The van der Waals surface area contributed by atoms with Gasteiger partial charge in [-0.2, -0.15) is 0 Å². The molecule has 33 heavy (non-hydrogen) atoms. The summed E-state index contributed by atoms with van der Waals surface area (Å²) in [7, 11) is 1.60. The minimum atomic E-state index is -1.07. The Bertz CT molecular complexity index is 1090. The van der Waals surface area contributed by atoms with Gasteiger partial charge >= 0.3 is 11.9 Å². The lowest BCUT2D eigenvalue weighted by molar-refractivity contribution is -0.164. The fraction of sp³-hybridized carbons (Fsp3) is 0.600. The molecule has 2 heterocycles. The molecule has 8 nitrogen and oxygen atoms in total. The SMILES string of the molecule is COc1ccc2c3c1O[C@H]1C(OC(=O)C[C@@H]4OC(C)(C)OC4=O)=CC[C@@]4(O)[C@H](CCC[C@]314)C2. The zero-order chi connectivity index (χ0) is 23.2. The molecule has 0 unspecified atom stereocenters. The standard InChI is InChI=1S/C25H28O8/c1-23(2)32-17(22(27)33-23)12-18(26)30-16-8-10-25(28)14-5-4-9-24(25)19-13(11-14)6-7-15(29-3)20(19)31-21(16)24/h6-8,14,17,21,28H,4-5,9-12H2,1-3H3/t14-,17+,21+,24+,25-/m1/s1. The highest BCUT2D eigenvalue weighted by molar-refractivity contribution is 5.83. The molecule has 1 saturated heterocycles. The topological polar surface area (TPSA) is 101 Å². The molecule has 0 radical (unpaired) electrons. The van der Waals surface area contributed by atoms with Crippen molar-refractivity contribution in [3.8, 4) is 11.5 Å². The van der Waals surface area contributed by atoms with Gasteiger partial charge in [-0.25, -0.2) is 4.79 Å². The first kappa shape index (κ1) is 21.0. The van der Waals surface area contributed by atoms with Gasteiger partial charge in [-0.1, -0.05) is 12.5 Å². The highest BCUT2D eigenvalue weighted by Crippen LogP contribution is 2.67. The molecule has 1 spiro atoms. The molecule has 3 aliphatic carbocycles. The molecule has 1 N–H and O–H groups in total. The third kappa shape index (κ3) is 2.71. The molecular formula is C25H28O8. The van der Waals surface area contributed by atoms with Crippen LogP contribution in [0.1, 0.15) is 57.1 Å². The average molecular weight is 456 g/mol. The summed E-state index contributed by atoms with van der Waals surface area (Å²) in [6.07, 6.45) is 3.70. The summed E-state index contributed by atoms with van der Waals surface area (Å²) in [6.45, 7) is 3.24. The fourth-order valence-electron chi connectivity index (χ4n) is 6.85. The summed E-state index contributed by atoms with van der Waals surface area (Å²) in [5.41, 5.74) is 0.498. The van der Waals surface area contributed by atoms with Crippen molar-refractivity contribution in [2.45, 2.75) is 81.4 Å². The Kier molecular flexibility index (Phi) is 4.28. The third-order valence-electron chi connectivity index (χ3n) is 8.09. The lowest BCUT2D eigenvalue weighted by Gasteiger charge is -2.59. The van der Waals surface area contributed by atoms with E-state index in [0.717, 1.165) is 31.2 Å². The van der Waals surface area contributed by atoms with Crippen molar-refractivity contribution in [2.24, 2.45) is 5.92 Å². The molecular weight excluding hydrogens is 428 g/mol. The molecule has 2 bridgehead atoms.